The van der Waals surface area contributed by atoms with Gasteiger partial charge < -0.3 is 14.7 Å². The van der Waals surface area contributed by atoms with Crippen molar-refractivity contribution in [2.45, 2.75) is 32.7 Å². The topological polar surface area (TPSA) is 58.4 Å². The Morgan fingerprint density at radius 2 is 1.95 bits per heavy atom. The third-order valence-electron chi connectivity index (χ3n) is 4.25. The van der Waals surface area contributed by atoms with Crippen molar-refractivity contribution in [2.24, 2.45) is 0 Å². The highest BCUT2D eigenvalue weighted by molar-refractivity contribution is 5.73. The van der Waals surface area contributed by atoms with Crippen LogP contribution in [0.15, 0.2) is 34.9 Å². The lowest BCUT2D eigenvalue weighted by molar-refractivity contribution is -0.129. The minimum Gasteiger partial charge on any atom is -0.351 e. The number of amides is 1. The number of rotatable bonds is 3. The SMILES string of the molecule is CC(=O)N1CCC(Nc2onc(-c3ccccc3)c2C)CC1. The molecule has 2 aromatic rings. The van der Waals surface area contributed by atoms with E-state index in [4.69, 9.17) is 4.52 Å². The van der Waals surface area contributed by atoms with Gasteiger partial charge in [-0.3, -0.25) is 4.79 Å². The van der Waals surface area contributed by atoms with Crippen LogP contribution in [-0.2, 0) is 4.79 Å². The van der Waals surface area contributed by atoms with Crippen molar-refractivity contribution in [3.05, 3.63) is 35.9 Å². The first kappa shape index (κ1) is 14.6. The van der Waals surface area contributed by atoms with Crippen LogP contribution in [0.1, 0.15) is 25.3 Å². The average molecular weight is 299 g/mol. The van der Waals surface area contributed by atoms with Crippen LogP contribution < -0.4 is 5.32 Å². The predicted molar refractivity (Wildman–Crippen MR) is 85.6 cm³/mol. The van der Waals surface area contributed by atoms with Gasteiger partial charge >= 0.3 is 0 Å². The summed E-state index contributed by atoms with van der Waals surface area (Å²) in [5.41, 5.74) is 2.97. The molecule has 0 radical (unpaired) electrons. The third-order valence-corrected chi connectivity index (χ3v) is 4.25. The number of carbonyl (C=O) groups excluding carboxylic acids is 1. The van der Waals surface area contributed by atoms with Gasteiger partial charge in [0.05, 0.1) is 0 Å². The van der Waals surface area contributed by atoms with Crippen molar-refractivity contribution in [2.75, 3.05) is 18.4 Å². The van der Waals surface area contributed by atoms with E-state index in [9.17, 15) is 4.79 Å². The Morgan fingerprint density at radius 3 is 2.59 bits per heavy atom. The number of anilines is 1. The molecule has 0 bridgehead atoms. The largest absolute Gasteiger partial charge is 0.351 e. The number of nitrogens with one attached hydrogen (secondary N) is 1. The quantitative estimate of drug-likeness (QED) is 0.946. The molecule has 5 nitrogen and oxygen atoms in total. The number of nitrogens with zero attached hydrogens (tertiary/aromatic N) is 2. The Labute approximate surface area is 130 Å². The van der Waals surface area contributed by atoms with E-state index < -0.39 is 0 Å². The second-order valence-corrected chi connectivity index (χ2v) is 5.78. The van der Waals surface area contributed by atoms with Gasteiger partial charge in [-0.25, -0.2) is 0 Å². The predicted octanol–water partition coefficient (Wildman–Crippen LogP) is 3.07. The second kappa shape index (κ2) is 6.22. The summed E-state index contributed by atoms with van der Waals surface area (Å²) in [5.74, 6) is 0.890. The van der Waals surface area contributed by atoms with E-state index in [0.717, 1.165) is 48.6 Å². The molecule has 1 aliphatic heterocycles. The number of aromatic nitrogens is 1. The number of piperidine rings is 1. The van der Waals surface area contributed by atoms with Crippen LogP contribution in [0.5, 0.6) is 0 Å². The second-order valence-electron chi connectivity index (χ2n) is 5.78. The molecular weight excluding hydrogens is 278 g/mol. The molecule has 0 spiro atoms. The Morgan fingerprint density at radius 1 is 1.27 bits per heavy atom. The molecule has 22 heavy (non-hydrogen) atoms. The molecule has 1 aromatic carbocycles. The Balaban J connectivity index is 1.67. The van der Waals surface area contributed by atoms with Crippen LogP contribution in [0.3, 0.4) is 0 Å². The first-order valence-electron chi connectivity index (χ1n) is 7.69. The van der Waals surface area contributed by atoms with Gasteiger partial charge in [-0.05, 0) is 19.8 Å². The lowest BCUT2D eigenvalue weighted by atomic mass is 10.0. The van der Waals surface area contributed by atoms with Crippen LogP contribution in [0.4, 0.5) is 5.88 Å². The summed E-state index contributed by atoms with van der Waals surface area (Å²) >= 11 is 0. The van der Waals surface area contributed by atoms with Crippen molar-refractivity contribution in [3.8, 4) is 11.3 Å². The van der Waals surface area contributed by atoms with E-state index in [1.54, 1.807) is 6.92 Å². The Kier molecular flexibility index (Phi) is 4.13. The standard InChI is InChI=1S/C17H21N3O2/c1-12-16(14-6-4-3-5-7-14)19-22-17(12)18-15-8-10-20(11-9-15)13(2)21/h3-7,15,18H,8-11H2,1-2H3. The summed E-state index contributed by atoms with van der Waals surface area (Å²) in [6, 6.07) is 10.4. The van der Waals surface area contributed by atoms with E-state index in [1.165, 1.54) is 0 Å². The van der Waals surface area contributed by atoms with E-state index in [-0.39, 0.29) is 5.91 Å². The molecule has 116 valence electrons. The fraction of sp³-hybridized carbons (Fsp3) is 0.412. The molecule has 3 rings (SSSR count). The first-order chi connectivity index (χ1) is 10.6. The van der Waals surface area contributed by atoms with Crippen molar-refractivity contribution in [3.63, 3.8) is 0 Å². The molecule has 1 aliphatic rings. The molecule has 1 aromatic heterocycles. The molecule has 1 fully saturated rings. The van der Waals surface area contributed by atoms with Crippen LogP contribution >= 0.6 is 0 Å². The van der Waals surface area contributed by atoms with Crippen LogP contribution in [0.2, 0.25) is 0 Å². The van der Waals surface area contributed by atoms with Crippen molar-refractivity contribution < 1.29 is 9.32 Å². The molecule has 1 N–H and O–H groups in total. The van der Waals surface area contributed by atoms with Gasteiger partial charge in [0.15, 0.2) is 0 Å². The Bertz CT molecular complexity index is 643. The summed E-state index contributed by atoms with van der Waals surface area (Å²) in [6.45, 7) is 5.24. The molecule has 0 atom stereocenters. The molecule has 2 heterocycles. The summed E-state index contributed by atoms with van der Waals surface area (Å²) in [4.78, 5) is 13.2. The average Bonchev–Trinajstić information content (AvgIpc) is 2.90. The van der Waals surface area contributed by atoms with Crippen LogP contribution in [0.25, 0.3) is 11.3 Å². The molecular formula is C17H21N3O2. The van der Waals surface area contributed by atoms with Crippen molar-refractivity contribution in [1.29, 1.82) is 0 Å². The van der Waals surface area contributed by atoms with Gasteiger partial charge in [-0.2, -0.15) is 0 Å². The van der Waals surface area contributed by atoms with Crippen LogP contribution in [-0.4, -0.2) is 35.1 Å². The zero-order valence-corrected chi connectivity index (χ0v) is 13.0. The lowest BCUT2D eigenvalue weighted by Gasteiger charge is -2.31. The lowest BCUT2D eigenvalue weighted by Crippen LogP contribution is -2.41. The molecule has 0 saturated carbocycles. The molecule has 1 amide bonds. The maximum atomic E-state index is 11.4. The van der Waals surface area contributed by atoms with Gasteiger partial charge in [-0.15, -0.1) is 0 Å². The number of likely N-dealkylation sites (tertiary alicyclic amines) is 1. The van der Waals surface area contributed by atoms with E-state index >= 15 is 0 Å². The van der Waals surface area contributed by atoms with Gasteiger partial charge in [0, 0.05) is 37.2 Å². The number of hydrogen-bond donors (Lipinski definition) is 1. The highest BCUT2D eigenvalue weighted by Crippen LogP contribution is 2.29. The zero-order valence-electron chi connectivity index (χ0n) is 13.0. The molecule has 0 unspecified atom stereocenters. The van der Waals surface area contributed by atoms with E-state index in [1.807, 2.05) is 42.2 Å². The fourth-order valence-electron chi connectivity index (χ4n) is 2.86. The minimum absolute atomic E-state index is 0.153. The maximum Gasteiger partial charge on any atom is 0.228 e. The van der Waals surface area contributed by atoms with Gasteiger partial charge in [0.25, 0.3) is 0 Å². The van der Waals surface area contributed by atoms with E-state index in [2.05, 4.69) is 10.5 Å². The number of carbonyl (C=O) groups is 1. The summed E-state index contributed by atoms with van der Waals surface area (Å²) in [6.07, 6.45) is 1.86. The first-order valence-corrected chi connectivity index (χ1v) is 7.69. The normalized spacial score (nSPS) is 15.8. The molecule has 5 heteroatoms. The number of hydrogen-bond acceptors (Lipinski definition) is 4. The Hall–Kier alpha value is -2.30. The smallest absolute Gasteiger partial charge is 0.228 e. The minimum atomic E-state index is 0.153. The summed E-state index contributed by atoms with van der Waals surface area (Å²) < 4.78 is 5.49. The molecule has 1 saturated heterocycles. The monoisotopic (exact) mass is 299 g/mol. The fourth-order valence-corrected chi connectivity index (χ4v) is 2.86. The maximum absolute atomic E-state index is 11.4. The van der Waals surface area contributed by atoms with Gasteiger partial charge in [-0.1, -0.05) is 35.5 Å². The van der Waals surface area contributed by atoms with Gasteiger partial charge in [0.2, 0.25) is 11.8 Å². The number of benzene rings is 1. The van der Waals surface area contributed by atoms with Crippen molar-refractivity contribution >= 4 is 11.8 Å². The van der Waals surface area contributed by atoms with Gasteiger partial charge in [0.1, 0.15) is 5.69 Å². The summed E-state index contributed by atoms with van der Waals surface area (Å²) in [7, 11) is 0. The van der Waals surface area contributed by atoms with Crippen LogP contribution in [0, 0.1) is 6.92 Å². The highest BCUT2D eigenvalue weighted by Gasteiger charge is 2.23. The highest BCUT2D eigenvalue weighted by atomic mass is 16.5. The summed E-state index contributed by atoms with van der Waals surface area (Å²) in [5, 5.41) is 7.62. The van der Waals surface area contributed by atoms with E-state index in [0.29, 0.717) is 6.04 Å². The van der Waals surface area contributed by atoms with Crippen molar-refractivity contribution in [1.82, 2.24) is 10.1 Å². The zero-order chi connectivity index (χ0) is 15.5. The molecule has 0 aliphatic carbocycles. The third kappa shape index (κ3) is 2.98.